The molecule has 0 aliphatic carbocycles. The number of carbonyl (C=O) groups is 1. The molecule has 0 heterocycles. The summed E-state index contributed by atoms with van der Waals surface area (Å²) in [7, 11) is -9.95. The number of allylic oxidation sites excluding steroid dienone is 1. The Hall–Kier alpha value is -1.63. The molecule has 1 aromatic rings. The second kappa shape index (κ2) is 6.51. The highest BCUT2D eigenvalue weighted by Gasteiger charge is 2.65. The Kier molecular flexibility index (Phi) is 5.62. The standard InChI is InChI=1S/C13H14F8N2OS2/c1-8(5-6-13(14,15)16)22-12(24)10-4-3-9(7-11(10)23-25-2)26(17,18,19,20)21/h3-4,7,23H,1,5-6H2,2H3,(H,22,24). The summed E-state index contributed by atoms with van der Waals surface area (Å²) in [6.45, 7) is 3.23. The summed E-state index contributed by atoms with van der Waals surface area (Å²) in [6.07, 6.45) is -5.01. The van der Waals surface area contributed by atoms with Crippen LogP contribution in [-0.2, 0) is 0 Å². The van der Waals surface area contributed by atoms with Gasteiger partial charge in [-0.3, -0.25) is 4.79 Å². The molecule has 0 bridgehead atoms. The van der Waals surface area contributed by atoms with E-state index in [2.05, 4.69) is 11.3 Å². The number of amides is 1. The fourth-order valence-corrected chi connectivity index (χ4v) is 2.79. The van der Waals surface area contributed by atoms with E-state index in [0.717, 1.165) is 11.9 Å². The van der Waals surface area contributed by atoms with E-state index in [9.17, 15) is 37.4 Å². The molecule has 2 N–H and O–H groups in total. The number of nitrogens with one attached hydrogen (secondary N) is 2. The zero-order valence-corrected chi connectivity index (χ0v) is 14.7. The van der Waals surface area contributed by atoms with Crippen molar-refractivity contribution < 1.29 is 37.4 Å². The molecule has 0 atom stereocenters. The summed E-state index contributed by atoms with van der Waals surface area (Å²) >= 11 is 0.736. The summed E-state index contributed by atoms with van der Waals surface area (Å²) in [6, 6.07) is 0.629. The van der Waals surface area contributed by atoms with E-state index in [4.69, 9.17) is 0 Å². The van der Waals surface area contributed by atoms with E-state index in [1.807, 2.05) is 5.32 Å². The van der Waals surface area contributed by atoms with Crippen LogP contribution in [0.4, 0.5) is 38.3 Å². The fraction of sp³-hybridized carbons (Fsp3) is 0.308. The van der Waals surface area contributed by atoms with Crippen LogP contribution in [0.3, 0.4) is 0 Å². The van der Waals surface area contributed by atoms with Gasteiger partial charge in [-0.15, -0.1) is 0 Å². The van der Waals surface area contributed by atoms with Gasteiger partial charge in [0.2, 0.25) is 0 Å². The lowest BCUT2D eigenvalue weighted by Crippen LogP contribution is -2.24. The van der Waals surface area contributed by atoms with Crippen molar-refractivity contribution in [3.05, 3.63) is 36.0 Å². The molecule has 0 aliphatic heterocycles. The first kappa shape index (κ1) is 22.4. The Labute approximate surface area is 148 Å². The van der Waals surface area contributed by atoms with Gasteiger partial charge in [0.05, 0.1) is 11.3 Å². The molecule has 1 aromatic carbocycles. The maximum absolute atomic E-state index is 12.9. The van der Waals surface area contributed by atoms with Crippen LogP contribution in [0, 0.1) is 0 Å². The minimum absolute atomic E-state index is 0.0421. The van der Waals surface area contributed by atoms with Crippen LogP contribution < -0.4 is 10.0 Å². The molecule has 0 aliphatic rings. The largest absolute Gasteiger partial charge is 0.389 e. The van der Waals surface area contributed by atoms with Gasteiger partial charge in [0, 0.05) is 18.4 Å². The van der Waals surface area contributed by atoms with Crippen molar-refractivity contribution in [2.75, 3.05) is 11.0 Å². The number of halogens is 8. The molecular formula is C13H14F8N2OS2. The lowest BCUT2D eigenvalue weighted by molar-refractivity contribution is -0.134. The number of carbonyl (C=O) groups excluding carboxylic acids is 1. The van der Waals surface area contributed by atoms with Crippen molar-refractivity contribution in [1.82, 2.24) is 5.32 Å². The minimum atomic E-state index is -9.95. The van der Waals surface area contributed by atoms with E-state index in [0.29, 0.717) is 6.07 Å². The number of hydrogen-bond donors (Lipinski definition) is 2. The van der Waals surface area contributed by atoms with Crippen LogP contribution in [0.2, 0.25) is 0 Å². The monoisotopic (exact) mass is 430 g/mol. The Morgan fingerprint density at radius 2 is 1.77 bits per heavy atom. The summed E-state index contributed by atoms with van der Waals surface area (Å²) in [5.41, 5.74) is -1.35. The lowest BCUT2D eigenvalue weighted by atomic mass is 10.1. The quantitative estimate of drug-likeness (QED) is 0.377. The minimum Gasteiger partial charge on any atom is -0.329 e. The van der Waals surface area contributed by atoms with Gasteiger partial charge in [0.1, 0.15) is 4.90 Å². The summed E-state index contributed by atoms with van der Waals surface area (Å²) in [5.74, 6) is -1.08. The zero-order chi connectivity index (χ0) is 20.5. The Bertz CT molecular complexity index is 715. The number of anilines is 1. The van der Waals surface area contributed by atoms with Gasteiger partial charge in [0.15, 0.2) is 0 Å². The summed E-state index contributed by atoms with van der Waals surface area (Å²) < 4.78 is 103. The normalized spacial score (nSPS) is 15.0. The van der Waals surface area contributed by atoms with Crippen LogP contribution in [-0.4, -0.2) is 18.3 Å². The summed E-state index contributed by atoms with van der Waals surface area (Å²) in [4.78, 5) is 9.83. The van der Waals surface area contributed by atoms with E-state index in [-0.39, 0.29) is 17.8 Å². The van der Waals surface area contributed by atoms with Crippen LogP contribution >= 0.6 is 22.2 Å². The van der Waals surface area contributed by atoms with Crippen molar-refractivity contribution >= 4 is 33.8 Å². The predicted octanol–water partition coefficient (Wildman–Crippen LogP) is 6.62. The molecule has 0 saturated heterocycles. The summed E-state index contributed by atoms with van der Waals surface area (Å²) in [5, 5.41) is 2.00. The first-order chi connectivity index (χ1) is 11.4. The third-order valence-corrected chi connectivity index (χ3v) is 4.46. The van der Waals surface area contributed by atoms with Crippen molar-refractivity contribution in [3.63, 3.8) is 0 Å². The highest BCUT2D eigenvalue weighted by atomic mass is 32.5. The van der Waals surface area contributed by atoms with E-state index in [1.54, 1.807) is 0 Å². The molecule has 1 amide bonds. The second-order valence-electron chi connectivity index (χ2n) is 5.16. The first-order valence-electron chi connectivity index (χ1n) is 6.66. The van der Waals surface area contributed by atoms with Gasteiger partial charge in [0.25, 0.3) is 5.91 Å². The zero-order valence-electron chi connectivity index (χ0n) is 13.1. The van der Waals surface area contributed by atoms with Gasteiger partial charge >= 0.3 is 16.4 Å². The van der Waals surface area contributed by atoms with Crippen LogP contribution in [0.15, 0.2) is 35.4 Å². The van der Waals surface area contributed by atoms with Crippen molar-refractivity contribution in [2.24, 2.45) is 0 Å². The number of rotatable bonds is 7. The maximum Gasteiger partial charge on any atom is 0.389 e. The maximum atomic E-state index is 12.9. The number of benzene rings is 1. The second-order valence-corrected chi connectivity index (χ2v) is 8.18. The van der Waals surface area contributed by atoms with E-state index < -0.39 is 51.3 Å². The number of hydrogen-bond acceptors (Lipinski definition) is 3. The third kappa shape index (κ3) is 6.94. The van der Waals surface area contributed by atoms with E-state index >= 15 is 0 Å². The first-order valence-corrected chi connectivity index (χ1v) is 9.83. The third-order valence-electron chi connectivity index (χ3n) is 2.89. The molecule has 26 heavy (non-hydrogen) atoms. The topological polar surface area (TPSA) is 41.1 Å². The molecule has 13 heteroatoms. The smallest absolute Gasteiger partial charge is 0.329 e. The van der Waals surface area contributed by atoms with Gasteiger partial charge in [-0.05, 0) is 24.6 Å². The molecular weight excluding hydrogens is 416 g/mol. The van der Waals surface area contributed by atoms with Crippen LogP contribution in [0.1, 0.15) is 23.2 Å². The lowest BCUT2D eigenvalue weighted by Gasteiger charge is -2.40. The molecule has 1 rings (SSSR count). The van der Waals surface area contributed by atoms with Crippen LogP contribution in [0.5, 0.6) is 0 Å². The molecule has 0 unspecified atom stereocenters. The molecule has 0 saturated carbocycles. The highest BCUT2D eigenvalue weighted by molar-refractivity contribution is 8.45. The van der Waals surface area contributed by atoms with Crippen molar-refractivity contribution in [1.29, 1.82) is 0 Å². The molecule has 150 valence electrons. The Balaban J connectivity index is 3.09. The van der Waals surface area contributed by atoms with Crippen molar-refractivity contribution in [3.8, 4) is 0 Å². The highest BCUT2D eigenvalue weighted by Crippen LogP contribution is 3.02. The molecule has 0 radical (unpaired) electrons. The molecule has 0 aromatic heterocycles. The number of alkyl halides is 3. The van der Waals surface area contributed by atoms with Gasteiger partial charge in [-0.2, -0.15) is 13.2 Å². The van der Waals surface area contributed by atoms with Crippen LogP contribution in [0.25, 0.3) is 0 Å². The average molecular weight is 430 g/mol. The molecule has 0 spiro atoms. The van der Waals surface area contributed by atoms with Gasteiger partial charge in [-0.25, -0.2) is 0 Å². The van der Waals surface area contributed by atoms with E-state index in [1.165, 1.54) is 6.26 Å². The Morgan fingerprint density at radius 1 is 1.19 bits per heavy atom. The average Bonchev–Trinajstić information content (AvgIpc) is 2.42. The predicted molar refractivity (Wildman–Crippen MR) is 86.9 cm³/mol. The van der Waals surface area contributed by atoms with Crippen molar-refractivity contribution in [2.45, 2.75) is 23.9 Å². The SMILES string of the molecule is C=C(CCC(F)(F)F)NC(=O)c1ccc(S(F)(F)(F)(F)F)cc1NSC. The van der Waals surface area contributed by atoms with Gasteiger partial charge in [-0.1, -0.05) is 38.0 Å². The fourth-order valence-electron chi connectivity index (χ4n) is 1.74. The molecule has 0 fully saturated rings. The molecule has 3 nitrogen and oxygen atoms in total. The van der Waals surface area contributed by atoms with Gasteiger partial charge < -0.3 is 10.0 Å². The Morgan fingerprint density at radius 3 is 2.23 bits per heavy atom.